The highest BCUT2D eigenvalue weighted by atomic mass is 35.5. The molecule has 4 rings (SSSR count). The Balaban J connectivity index is 1.90. The van der Waals surface area contributed by atoms with E-state index in [-0.39, 0.29) is 5.69 Å². The summed E-state index contributed by atoms with van der Waals surface area (Å²) in [5.74, 6) is 3.72. The summed E-state index contributed by atoms with van der Waals surface area (Å²) in [6.45, 7) is 6.32. The van der Waals surface area contributed by atoms with Gasteiger partial charge in [-0.05, 0) is 35.7 Å². The molecule has 2 aromatic carbocycles. The minimum Gasteiger partial charge on any atom is -0.408 e. The van der Waals surface area contributed by atoms with Crippen molar-refractivity contribution in [3.8, 4) is 29.0 Å². The zero-order chi connectivity index (χ0) is 22.8. The van der Waals surface area contributed by atoms with Gasteiger partial charge in [0, 0.05) is 22.8 Å². The average molecular weight is 483 g/mol. The highest BCUT2D eigenvalue weighted by Gasteiger charge is 2.15. The standard InChI is InChI=1S/C25H20Cl2N2O2S/c1-4-11-31-18-9-10-22-20(12-18)23(17-7-5-16(6-8-17)15(2)3)28-25(30)29(22)14-19-13-21(26)24(27)32-19/h5-10,12-13,15H,14H2,1-3H3. The van der Waals surface area contributed by atoms with Crippen LogP contribution in [-0.4, -0.2) is 9.55 Å². The summed E-state index contributed by atoms with van der Waals surface area (Å²) in [7, 11) is 0. The van der Waals surface area contributed by atoms with E-state index in [2.05, 4.69) is 43.0 Å². The topological polar surface area (TPSA) is 44.1 Å². The maximum absolute atomic E-state index is 13.1. The van der Waals surface area contributed by atoms with E-state index in [1.54, 1.807) is 23.6 Å². The Morgan fingerprint density at radius 1 is 1.12 bits per heavy atom. The molecule has 0 atom stereocenters. The van der Waals surface area contributed by atoms with Crippen LogP contribution in [0.4, 0.5) is 0 Å². The maximum atomic E-state index is 13.1. The van der Waals surface area contributed by atoms with Crippen LogP contribution in [0.1, 0.15) is 37.1 Å². The van der Waals surface area contributed by atoms with Crippen LogP contribution in [0.2, 0.25) is 9.36 Å². The SMILES string of the molecule is CC#COc1ccc2c(c1)c(-c1ccc(C(C)C)cc1)nc(=O)n2Cc1cc(Cl)c(Cl)s1. The molecule has 0 amide bonds. The Kier molecular flexibility index (Phi) is 6.57. The van der Waals surface area contributed by atoms with Crippen molar-refractivity contribution in [3.63, 3.8) is 0 Å². The Morgan fingerprint density at radius 3 is 2.50 bits per heavy atom. The fourth-order valence-corrected chi connectivity index (χ4v) is 4.88. The number of aromatic nitrogens is 2. The number of hydrogen-bond donors (Lipinski definition) is 0. The van der Waals surface area contributed by atoms with E-state index >= 15 is 0 Å². The van der Waals surface area contributed by atoms with Crippen LogP contribution in [-0.2, 0) is 6.54 Å². The molecule has 0 fully saturated rings. The largest absolute Gasteiger partial charge is 0.408 e. The van der Waals surface area contributed by atoms with Crippen molar-refractivity contribution in [1.29, 1.82) is 0 Å². The minimum atomic E-state index is -0.344. The van der Waals surface area contributed by atoms with Crippen LogP contribution in [0.15, 0.2) is 53.3 Å². The number of rotatable bonds is 5. The Bertz CT molecular complexity index is 1390. The molecule has 0 saturated carbocycles. The molecule has 4 nitrogen and oxygen atoms in total. The Hall–Kier alpha value is -2.78. The fraction of sp³-hybridized carbons (Fsp3) is 0.200. The van der Waals surface area contributed by atoms with E-state index in [4.69, 9.17) is 27.9 Å². The van der Waals surface area contributed by atoms with Crippen LogP contribution in [0.5, 0.6) is 5.75 Å². The van der Waals surface area contributed by atoms with Crippen molar-refractivity contribution >= 4 is 45.4 Å². The second-order valence-corrected chi connectivity index (χ2v) is 9.72. The van der Waals surface area contributed by atoms with Gasteiger partial charge < -0.3 is 4.74 Å². The number of hydrogen-bond acceptors (Lipinski definition) is 4. The predicted molar refractivity (Wildman–Crippen MR) is 133 cm³/mol. The smallest absolute Gasteiger partial charge is 0.348 e. The second kappa shape index (κ2) is 9.38. The van der Waals surface area contributed by atoms with E-state index in [0.717, 1.165) is 21.3 Å². The number of nitrogens with zero attached hydrogens (tertiary/aromatic N) is 2. The van der Waals surface area contributed by atoms with Crippen LogP contribution in [0.25, 0.3) is 22.2 Å². The minimum absolute atomic E-state index is 0.320. The van der Waals surface area contributed by atoms with Crippen LogP contribution in [0.3, 0.4) is 0 Å². The lowest BCUT2D eigenvalue weighted by Crippen LogP contribution is -2.24. The normalized spacial score (nSPS) is 10.9. The summed E-state index contributed by atoms with van der Waals surface area (Å²) in [5, 5.41) is 1.28. The van der Waals surface area contributed by atoms with Gasteiger partial charge in [0.15, 0.2) is 0 Å². The molecule has 0 bridgehead atoms. The summed E-state index contributed by atoms with van der Waals surface area (Å²) >= 11 is 13.6. The third-order valence-corrected chi connectivity index (χ3v) is 6.93. The quantitative estimate of drug-likeness (QED) is 0.288. The van der Waals surface area contributed by atoms with Gasteiger partial charge in [0.25, 0.3) is 0 Å². The third kappa shape index (κ3) is 4.54. The molecule has 2 aromatic heterocycles. The Labute approximate surface area is 200 Å². The molecular formula is C25H20Cl2N2O2S. The van der Waals surface area contributed by atoms with Gasteiger partial charge in [-0.25, -0.2) is 4.79 Å². The monoisotopic (exact) mass is 482 g/mol. The summed E-state index contributed by atoms with van der Waals surface area (Å²) in [6.07, 6.45) is 2.62. The molecule has 162 valence electrons. The molecule has 32 heavy (non-hydrogen) atoms. The lowest BCUT2D eigenvalue weighted by Gasteiger charge is -2.14. The van der Waals surface area contributed by atoms with Crippen molar-refractivity contribution in [1.82, 2.24) is 9.55 Å². The number of ether oxygens (including phenoxy) is 1. The van der Waals surface area contributed by atoms with Crippen molar-refractivity contribution < 1.29 is 4.74 Å². The van der Waals surface area contributed by atoms with Crippen LogP contribution >= 0.6 is 34.5 Å². The zero-order valence-corrected chi connectivity index (χ0v) is 20.1. The first-order valence-corrected chi connectivity index (χ1v) is 11.6. The maximum Gasteiger partial charge on any atom is 0.348 e. The summed E-state index contributed by atoms with van der Waals surface area (Å²) < 4.78 is 7.63. The molecule has 0 spiro atoms. The molecule has 0 saturated heterocycles. The lowest BCUT2D eigenvalue weighted by atomic mass is 9.99. The van der Waals surface area contributed by atoms with Gasteiger partial charge in [0.05, 0.1) is 22.8 Å². The van der Waals surface area contributed by atoms with Gasteiger partial charge in [0.1, 0.15) is 16.2 Å². The molecule has 4 aromatic rings. The van der Waals surface area contributed by atoms with Gasteiger partial charge in [-0.2, -0.15) is 4.98 Å². The molecule has 7 heteroatoms. The number of fused-ring (bicyclic) bond motifs is 1. The number of benzene rings is 2. The average Bonchev–Trinajstić information content (AvgIpc) is 3.10. The van der Waals surface area contributed by atoms with Crippen LogP contribution in [0, 0.1) is 12.0 Å². The Morgan fingerprint density at radius 2 is 1.88 bits per heavy atom. The van der Waals surface area contributed by atoms with Gasteiger partial charge in [-0.1, -0.05) is 67.2 Å². The van der Waals surface area contributed by atoms with E-state index in [0.29, 0.717) is 33.3 Å². The molecule has 2 heterocycles. The van der Waals surface area contributed by atoms with E-state index in [9.17, 15) is 4.79 Å². The first-order valence-electron chi connectivity index (χ1n) is 10.0. The fourth-order valence-electron chi connectivity index (χ4n) is 3.46. The van der Waals surface area contributed by atoms with Gasteiger partial charge in [0.2, 0.25) is 0 Å². The molecule has 0 N–H and O–H groups in total. The first-order chi connectivity index (χ1) is 15.4. The molecule has 0 aliphatic rings. The van der Waals surface area contributed by atoms with E-state index < -0.39 is 0 Å². The van der Waals surface area contributed by atoms with Gasteiger partial charge in [-0.3, -0.25) is 4.57 Å². The van der Waals surface area contributed by atoms with E-state index in [1.165, 1.54) is 16.9 Å². The summed E-state index contributed by atoms with van der Waals surface area (Å²) in [4.78, 5) is 18.4. The van der Waals surface area contributed by atoms with Crippen molar-refractivity contribution in [2.45, 2.75) is 33.2 Å². The summed E-state index contributed by atoms with van der Waals surface area (Å²) in [6, 6.07) is 15.4. The van der Waals surface area contributed by atoms with Gasteiger partial charge in [-0.15, -0.1) is 11.3 Å². The molecule has 0 radical (unpaired) electrons. The van der Waals surface area contributed by atoms with Crippen molar-refractivity contribution in [2.75, 3.05) is 0 Å². The number of halogens is 2. The highest BCUT2D eigenvalue weighted by Crippen LogP contribution is 2.33. The lowest BCUT2D eigenvalue weighted by molar-refractivity contribution is 0.520. The number of thiophene rings is 1. The first kappa shape index (κ1) is 22.4. The summed E-state index contributed by atoms with van der Waals surface area (Å²) in [5.41, 5.74) is 3.09. The predicted octanol–water partition coefficient (Wildman–Crippen LogP) is 6.96. The van der Waals surface area contributed by atoms with Crippen molar-refractivity contribution in [3.05, 3.63) is 78.8 Å². The second-order valence-electron chi connectivity index (χ2n) is 7.57. The molecule has 0 aliphatic carbocycles. The van der Waals surface area contributed by atoms with Crippen LogP contribution < -0.4 is 10.4 Å². The highest BCUT2D eigenvalue weighted by molar-refractivity contribution is 7.16. The molecule has 0 unspecified atom stereocenters. The van der Waals surface area contributed by atoms with E-state index in [1.807, 2.05) is 24.3 Å². The van der Waals surface area contributed by atoms with Crippen molar-refractivity contribution in [2.24, 2.45) is 0 Å². The van der Waals surface area contributed by atoms with Gasteiger partial charge >= 0.3 is 5.69 Å². The molecular weight excluding hydrogens is 463 g/mol. The third-order valence-electron chi connectivity index (χ3n) is 5.08. The molecule has 0 aliphatic heterocycles. The zero-order valence-electron chi connectivity index (χ0n) is 17.8.